The minimum Gasteiger partial charge on any atom is -0.285 e. The second-order valence-corrected chi connectivity index (χ2v) is 9.30. The van der Waals surface area contributed by atoms with Crippen LogP contribution in [0.15, 0.2) is 46.0 Å². The first kappa shape index (κ1) is 17.9. The third kappa shape index (κ3) is 3.19. The molecule has 1 aromatic carbocycles. The molecule has 0 radical (unpaired) electrons. The normalized spacial score (nSPS) is 14.5. The number of nitrogens with zero attached hydrogens (tertiary/aromatic N) is 5. The van der Waals surface area contributed by atoms with Gasteiger partial charge in [0.15, 0.2) is 21.2 Å². The van der Waals surface area contributed by atoms with Gasteiger partial charge in [-0.05, 0) is 40.0 Å². The molecule has 27 heavy (non-hydrogen) atoms. The second kappa shape index (κ2) is 6.31. The van der Waals surface area contributed by atoms with Crippen molar-refractivity contribution in [2.75, 3.05) is 24.9 Å². The number of carbonyl (C=O) groups excluding carboxylic acids is 1. The van der Waals surface area contributed by atoms with E-state index in [-0.39, 0.29) is 16.5 Å². The monoisotopic (exact) mass is 449 g/mol. The molecule has 1 amide bonds. The molecule has 0 unspecified atom stereocenters. The van der Waals surface area contributed by atoms with Crippen molar-refractivity contribution in [2.24, 2.45) is 0 Å². The number of hydrogen-bond donors (Lipinski definition) is 0. The van der Waals surface area contributed by atoms with Gasteiger partial charge in [-0.25, -0.2) is 22.9 Å². The zero-order chi connectivity index (χ0) is 19.3. The largest absolute Gasteiger partial charge is 0.292 e. The number of aromatic nitrogens is 3. The average Bonchev–Trinajstić information content (AvgIpc) is 3.03. The van der Waals surface area contributed by atoms with Crippen LogP contribution in [0.25, 0.3) is 5.65 Å². The lowest BCUT2D eigenvalue weighted by Crippen LogP contribution is -2.48. The van der Waals surface area contributed by atoms with E-state index in [0.717, 1.165) is 10.0 Å². The molecule has 2 aromatic heterocycles. The summed E-state index contributed by atoms with van der Waals surface area (Å²) in [6.07, 6.45) is 5.17. The van der Waals surface area contributed by atoms with E-state index < -0.39 is 9.84 Å². The predicted molar refractivity (Wildman–Crippen MR) is 103 cm³/mol. The number of sulfone groups is 1. The number of halogens is 1. The molecule has 10 heteroatoms. The SMILES string of the molecule is CN1c2cc(S(C)(=O)=O)ccc2CCN1C(=O)c1cc2ncc(Br)cn2n1. The van der Waals surface area contributed by atoms with Crippen LogP contribution in [0.3, 0.4) is 0 Å². The molecule has 0 N–H and O–H groups in total. The van der Waals surface area contributed by atoms with Crippen LogP contribution in [-0.4, -0.2) is 53.8 Å². The summed E-state index contributed by atoms with van der Waals surface area (Å²) in [6.45, 7) is 0.478. The number of hydrogen-bond acceptors (Lipinski definition) is 6. The number of benzene rings is 1. The van der Waals surface area contributed by atoms with Crippen LogP contribution < -0.4 is 5.01 Å². The topological polar surface area (TPSA) is 87.9 Å². The minimum atomic E-state index is -3.33. The minimum absolute atomic E-state index is 0.226. The quantitative estimate of drug-likeness (QED) is 0.593. The van der Waals surface area contributed by atoms with Crippen LogP contribution >= 0.6 is 15.9 Å². The fourth-order valence-corrected chi connectivity index (χ4v) is 4.06. The van der Waals surface area contributed by atoms with Gasteiger partial charge in [-0.3, -0.25) is 9.80 Å². The summed E-state index contributed by atoms with van der Waals surface area (Å²) in [5.74, 6) is -0.269. The Morgan fingerprint density at radius 3 is 2.78 bits per heavy atom. The number of rotatable bonds is 2. The molecular formula is C17H16BrN5O3S. The van der Waals surface area contributed by atoms with Crippen molar-refractivity contribution in [2.45, 2.75) is 11.3 Å². The summed E-state index contributed by atoms with van der Waals surface area (Å²) >= 11 is 3.33. The third-order valence-electron chi connectivity index (χ3n) is 4.52. The molecule has 0 fully saturated rings. The van der Waals surface area contributed by atoms with Gasteiger partial charge >= 0.3 is 0 Å². The molecule has 3 heterocycles. The van der Waals surface area contributed by atoms with Gasteiger partial charge in [0.2, 0.25) is 0 Å². The van der Waals surface area contributed by atoms with Crippen molar-refractivity contribution in [3.8, 4) is 0 Å². The van der Waals surface area contributed by atoms with Crippen molar-refractivity contribution < 1.29 is 13.2 Å². The molecule has 1 aliphatic rings. The number of fused-ring (bicyclic) bond motifs is 2. The van der Waals surface area contributed by atoms with Crippen LogP contribution in [0.4, 0.5) is 5.69 Å². The van der Waals surface area contributed by atoms with E-state index in [4.69, 9.17) is 0 Å². The summed E-state index contributed by atoms with van der Waals surface area (Å²) in [4.78, 5) is 17.5. The molecule has 0 spiro atoms. The maximum absolute atomic E-state index is 13.0. The van der Waals surface area contributed by atoms with Gasteiger partial charge in [0.05, 0.1) is 15.1 Å². The summed E-state index contributed by atoms with van der Waals surface area (Å²) < 4.78 is 26.0. The first-order valence-electron chi connectivity index (χ1n) is 8.13. The Kier molecular flexibility index (Phi) is 4.19. The Hall–Kier alpha value is -2.46. The first-order valence-corrected chi connectivity index (χ1v) is 10.8. The van der Waals surface area contributed by atoms with E-state index in [1.807, 2.05) is 0 Å². The highest BCUT2D eigenvalue weighted by Gasteiger charge is 2.29. The highest BCUT2D eigenvalue weighted by Crippen LogP contribution is 2.30. The molecule has 0 atom stereocenters. The van der Waals surface area contributed by atoms with E-state index >= 15 is 0 Å². The predicted octanol–water partition coefficient (Wildman–Crippen LogP) is 1.95. The Balaban J connectivity index is 1.69. The zero-order valence-electron chi connectivity index (χ0n) is 14.6. The van der Waals surface area contributed by atoms with Gasteiger partial charge in [0, 0.05) is 38.3 Å². The van der Waals surface area contributed by atoms with E-state index in [9.17, 15) is 13.2 Å². The number of carbonyl (C=O) groups is 1. The summed E-state index contributed by atoms with van der Waals surface area (Å²) in [7, 11) is -1.59. The van der Waals surface area contributed by atoms with Crippen LogP contribution in [0.5, 0.6) is 0 Å². The Bertz CT molecular complexity index is 1170. The molecule has 8 nitrogen and oxygen atoms in total. The Morgan fingerprint density at radius 2 is 2.04 bits per heavy atom. The van der Waals surface area contributed by atoms with E-state index in [1.54, 1.807) is 53.7 Å². The lowest BCUT2D eigenvalue weighted by molar-refractivity contribution is 0.0732. The molecule has 0 aliphatic carbocycles. The first-order chi connectivity index (χ1) is 12.7. The maximum Gasteiger partial charge on any atom is 0.292 e. The van der Waals surface area contributed by atoms with Gasteiger partial charge < -0.3 is 0 Å². The summed E-state index contributed by atoms with van der Waals surface area (Å²) in [5.41, 5.74) is 2.54. The van der Waals surface area contributed by atoms with Crippen molar-refractivity contribution in [1.29, 1.82) is 0 Å². The van der Waals surface area contributed by atoms with Gasteiger partial charge in [-0.15, -0.1) is 0 Å². The van der Waals surface area contributed by atoms with Crippen molar-refractivity contribution in [3.05, 3.63) is 52.4 Å². The highest BCUT2D eigenvalue weighted by atomic mass is 79.9. The fraction of sp³-hybridized carbons (Fsp3) is 0.235. The number of hydrazine groups is 1. The zero-order valence-corrected chi connectivity index (χ0v) is 17.0. The molecular weight excluding hydrogens is 434 g/mol. The van der Waals surface area contributed by atoms with E-state index in [0.29, 0.717) is 24.3 Å². The third-order valence-corrected chi connectivity index (χ3v) is 6.04. The van der Waals surface area contributed by atoms with Crippen LogP contribution in [0.2, 0.25) is 0 Å². The maximum atomic E-state index is 13.0. The lowest BCUT2D eigenvalue weighted by Gasteiger charge is -2.38. The van der Waals surface area contributed by atoms with Crippen LogP contribution in [0.1, 0.15) is 16.1 Å². The van der Waals surface area contributed by atoms with Crippen LogP contribution in [0, 0.1) is 0 Å². The van der Waals surface area contributed by atoms with Gasteiger partial charge in [-0.2, -0.15) is 5.10 Å². The molecule has 0 saturated heterocycles. The molecule has 3 aromatic rings. The standard InChI is InChI=1S/C17H16BrN5O3S/c1-21-15-7-13(27(2,25)26)4-3-11(15)5-6-23(21)17(24)14-8-16-19-9-12(18)10-22(16)20-14/h3-4,7-10H,5-6H2,1-2H3. The van der Waals surface area contributed by atoms with Crippen molar-refractivity contribution in [3.63, 3.8) is 0 Å². The molecule has 140 valence electrons. The molecule has 1 aliphatic heterocycles. The summed E-state index contributed by atoms with van der Waals surface area (Å²) in [6, 6.07) is 6.64. The second-order valence-electron chi connectivity index (χ2n) is 6.37. The van der Waals surface area contributed by atoms with Crippen molar-refractivity contribution in [1.82, 2.24) is 19.6 Å². The Morgan fingerprint density at radius 1 is 1.26 bits per heavy atom. The Labute approximate surface area is 164 Å². The van der Waals surface area contributed by atoms with Gasteiger partial charge in [0.25, 0.3) is 5.91 Å². The average molecular weight is 450 g/mol. The number of anilines is 1. The molecule has 0 bridgehead atoms. The number of amides is 1. The van der Waals surface area contributed by atoms with Crippen LogP contribution in [-0.2, 0) is 16.3 Å². The smallest absolute Gasteiger partial charge is 0.285 e. The molecule has 4 rings (SSSR count). The van der Waals surface area contributed by atoms with Crippen molar-refractivity contribution >= 4 is 43.0 Å². The lowest BCUT2D eigenvalue weighted by atomic mass is 10.1. The van der Waals surface area contributed by atoms with Gasteiger partial charge in [0.1, 0.15) is 0 Å². The molecule has 0 saturated carbocycles. The van der Waals surface area contributed by atoms with Gasteiger partial charge in [-0.1, -0.05) is 6.07 Å². The fourth-order valence-electron chi connectivity index (χ4n) is 3.12. The van der Waals surface area contributed by atoms with E-state index in [2.05, 4.69) is 26.0 Å². The van der Waals surface area contributed by atoms with E-state index in [1.165, 1.54) is 10.8 Å². The summed E-state index contributed by atoms with van der Waals surface area (Å²) in [5, 5.41) is 7.55. The highest BCUT2D eigenvalue weighted by molar-refractivity contribution is 9.10.